The van der Waals surface area contributed by atoms with Gasteiger partial charge in [0.25, 0.3) is 0 Å². The quantitative estimate of drug-likeness (QED) is 0.718. The van der Waals surface area contributed by atoms with Gasteiger partial charge in [-0.3, -0.25) is 4.79 Å². The van der Waals surface area contributed by atoms with Gasteiger partial charge in [0.15, 0.2) is 0 Å². The van der Waals surface area contributed by atoms with Crippen LogP contribution < -0.4 is 0 Å². The van der Waals surface area contributed by atoms with Gasteiger partial charge in [-0.15, -0.1) is 6.58 Å². The Morgan fingerprint density at radius 2 is 2.33 bits per heavy atom. The highest BCUT2D eigenvalue weighted by atomic mass is 16.3. The van der Waals surface area contributed by atoms with Crippen molar-refractivity contribution in [1.82, 2.24) is 0 Å². The van der Waals surface area contributed by atoms with Crippen LogP contribution in [0.1, 0.15) is 25.7 Å². The molecule has 1 N–H and O–H groups in total. The van der Waals surface area contributed by atoms with E-state index in [9.17, 15) is 4.79 Å². The van der Waals surface area contributed by atoms with Crippen LogP contribution in [-0.2, 0) is 4.79 Å². The first-order valence-corrected chi connectivity index (χ1v) is 5.57. The summed E-state index contributed by atoms with van der Waals surface area (Å²) in [6.07, 6.45) is 5.02. The molecule has 0 aromatic heterocycles. The Morgan fingerprint density at radius 3 is 2.93 bits per heavy atom. The van der Waals surface area contributed by atoms with E-state index in [1.165, 1.54) is 0 Å². The molecular weight excluding hydrogens is 188 g/mol. The molecule has 0 heterocycles. The molecule has 0 radical (unpaired) electrons. The standard InChI is InChI=1S/C13H18O2/c1-3-10-6-12(15)11-8-13(10,4-5-14)7-9(11)2/h3,10-11,14H,1-2,4-8H2/t10-,11-,13-/m1/s1. The number of Topliss-reactive ketones (excluding diaryl/α,β-unsaturated/α-hetero) is 1. The molecule has 0 aliphatic heterocycles. The largest absolute Gasteiger partial charge is 0.396 e. The van der Waals surface area contributed by atoms with Crippen LogP contribution in [0.3, 0.4) is 0 Å². The summed E-state index contributed by atoms with van der Waals surface area (Å²) in [6, 6.07) is 0. The van der Waals surface area contributed by atoms with E-state index < -0.39 is 0 Å². The number of rotatable bonds is 3. The van der Waals surface area contributed by atoms with Gasteiger partial charge >= 0.3 is 0 Å². The van der Waals surface area contributed by atoms with Gasteiger partial charge in [-0.05, 0) is 30.6 Å². The van der Waals surface area contributed by atoms with Crippen LogP contribution in [0.25, 0.3) is 0 Å². The smallest absolute Gasteiger partial charge is 0.140 e. The second kappa shape index (κ2) is 3.60. The molecule has 0 amide bonds. The van der Waals surface area contributed by atoms with Crippen molar-refractivity contribution in [3.63, 3.8) is 0 Å². The molecule has 2 rings (SSSR count). The van der Waals surface area contributed by atoms with Gasteiger partial charge in [0.2, 0.25) is 0 Å². The van der Waals surface area contributed by atoms with Crippen LogP contribution in [-0.4, -0.2) is 17.5 Å². The minimum atomic E-state index is 0.0627. The number of hydrogen-bond donors (Lipinski definition) is 1. The Balaban J connectivity index is 2.32. The highest BCUT2D eigenvalue weighted by Gasteiger charge is 2.51. The van der Waals surface area contributed by atoms with Gasteiger partial charge in [0.05, 0.1) is 0 Å². The third kappa shape index (κ3) is 1.48. The molecule has 2 saturated carbocycles. The molecule has 0 aromatic rings. The molecule has 2 fully saturated rings. The lowest BCUT2D eigenvalue weighted by Crippen LogP contribution is -2.35. The van der Waals surface area contributed by atoms with Crippen LogP contribution in [0.15, 0.2) is 24.8 Å². The summed E-state index contributed by atoms with van der Waals surface area (Å²) in [7, 11) is 0. The Bertz CT molecular complexity index is 318. The van der Waals surface area contributed by atoms with Gasteiger partial charge in [0, 0.05) is 18.9 Å². The fraction of sp³-hybridized carbons (Fsp3) is 0.615. The van der Waals surface area contributed by atoms with Crippen molar-refractivity contribution in [1.29, 1.82) is 0 Å². The molecule has 15 heavy (non-hydrogen) atoms. The van der Waals surface area contributed by atoms with Crippen molar-refractivity contribution in [3.8, 4) is 0 Å². The molecule has 2 aliphatic carbocycles. The van der Waals surface area contributed by atoms with E-state index in [1.807, 2.05) is 6.08 Å². The van der Waals surface area contributed by atoms with Gasteiger partial charge in [-0.1, -0.05) is 18.2 Å². The summed E-state index contributed by atoms with van der Waals surface area (Å²) in [5.41, 5.74) is 1.14. The van der Waals surface area contributed by atoms with Gasteiger partial charge < -0.3 is 5.11 Å². The summed E-state index contributed by atoms with van der Waals surface area (Å²) in [6.45, 7) is 8.02. The van der Waals surface area contributed by atoms with E-state index in [1.54, 1.807) is 0 Å². The van der Waals surface area contributed by atoms with Crippen LogP contribution >= 0.6 is 0 Å². The number of carbonyl (C=O) groups is 1. The molecule has 0 spiro atoms. The highest BCUT2D eigenvalue weighted by molar-refractivity contribution is 5.86. The number of fused-ring (bicyclic) bond motifs is 2. The Labute approximate surface area is 90.7 Å². The zero-order chi connectivity index (χ0) is 11.1. The molecule has 2 heteroatoms. The maximum Gasteiger partial charge on any atom is 0.140 e. The van der Waals surface area contributed by atoms with E-state index in [2.05, 4.69) is 13.2 Å². The third-order valence-corrected chi connectivity index (χ3v) is 4.17. The van der Waals surface area contributed by atoms with E-state index in [4.69, 9.17) is 5.11 Å². The summed E-state index contributed by atoms with van der Waals surface area (Å²) < 4.78 is 0. The van der Waals surface area contributed by atoms with Gasteiger partial charge in [-0.2, -0.15) is 0 Å². The monoisotopic (exact) mass is 206 g/mol. The average Bonchev–Trinajstić information content (AvgIpc) is 2.49. The number of aliphatic hydroxyl groups excluding tert-OH is 1. The van der Waals surface area contributed by atoms with E-state index in [0.717, 1.165) is 24.8 Å². The summed E-state index contributed by atoms with van der Waals surface area (Å²) in [5, 5.41) is 9.15. The zero-order valence-electron chi connectivity index (χ0n) is 9.04. The van der Waals surface area contributed by atoms with Crippen LogP contribution in [0, 0.1) is 17.3 Å². The molecule has 0 unspecified atom stereocenters. The molecule has 2 nitrogen and oxygen atoms in total. The molecule has 0 aromatic carbocycles. The number of carbonyl (C=O) groups excluding carboxylic acids is 1. The highest BCUT2D eigenvalue weighted by Crippen LogP contribution is 2.57. The van der Waals surface area contributed by atoms with Crippen molar-refractivity contribution in [2.24, 2.45) is 17.3 Å². The lowest BCUT2D eigenvalue weighted by molar-refractivity contribution is -0.126. The number of allylic oxidation sites excluding steroid dienone is 2. The van der Waals surface area contributed by atoms with Crippen molar-refractivity contribution in [2.75, 3.05) is 6.61 Å². The fourth-order valence-electron chi connectivity index (χ4n) is 3.33. The molecule has 2 aliphatic rings. The number of aliphatic hydroxyl groups is 1. The minimum absolute atomic E-state index is 0.0627. The second-order valence-corrected chi connectivity index (χ2v) is 4.94. The SMILES string of the molecule is C=C[C@@H]1CC(=O)[C@@H]2C[C@@]1(CCO)CC2=C. The Morgan fingerprint density at radius 1 is 1.60 bits per heavy atom. The Kier molecular flexibility index (Phi) is 2.55. The molecule has 3 atom stereocenters. The van der Waals surface area contributed by atoms with Crippen LogP contribution in [0.4, 0.5) is 0 Å². The molecule has 0 saturated heterocycles. The molecular formula is C13H18O2. The Hall–Kier alpha value is -0.890. The van der Waals surface area contributed by atoms with Gasteiger partial charge in [-0.25, -0.2) is 0 Å². The molecule has 2 bridgehead atoms. The number of ketones is 1. The average molecular weight is 206 g/mol. The van der Waals surface area contributed by atoms with Crippen molar-refractivity contribution in [2.45, 2.75) is 25.7 Å². The lowest BCUT2D eigenvalue weighted by atomic mass is 9.65. The lowest BCUT2D eigenvalue weighted by Gasteiger charge is -2.38. The summed E-state index contributed by atoms with van der Waals surface area (Å²) >= 11 is 0. The normalized spacial score (nSPS) is 39.5. The maximum atomic E-state index is 11.8. The molecule has 82 valence electrons. The predicted molar refractivity (Wildman–Crippen MR) is 59.3 cm³/mol. The first-order valence-electron chi connectivity index (χ1n) is 5.57. The topological polar surface area (TPSA) is 37.3 Å². The maximum absolute atomic E-state index is 11.8. The van der Waals surface area contributed by atoms with Crippen LogP contribution in [0.5, 0.6) is 0 Å². The second-order valence-electron chi connectivity index (χ2n) is 4.94. The summed E-state index contributed by atoms with van der Waals surface area (Å²) in [5.74, 6) is 0.608. The van der Waals surface area contributed by atoms with Crippen molar-refractivity contribution in [3.05, 3.63) is 24.8 Å². The fourth-order valence-corrected chi connectivity index (χ4v) is 3.33. The predicted octanol–water partition coefficient (Wildman–Crippen LogP) is 2.10. The summed E-state index contributed by atoms with van der Waals surface area (Å²) in [4.78, 5) is 11.8. The van der Waals surface area contributed by atoms with E-state index in [-0.39, 0.29) is 23.9 Å². The minimum Gasteiger partial charge on any atom is -0.396 e. The van der Waals surface area contributed by atoms with E-state index >= 15 is 0 Å². The first-order chi connectivity index (χ1) is 7.13. The van der Waals surface area contributed by atoms with E-state index in [0.29, 0.717) is 12.2 Å². The first kappa shape index (κ1) is 10.6. The zero-order valence-corrected chi connectivity index (χ0v) is 9.04. The van der Waals surface area contributed by atoms with Crippen molar-refractivity contribution < 1.29 is 9.90 Å². The number of hydrogen-bond acceptors (Lipinski definition) is 2. The third-order valence-electron chi connectivity index (χ3n) is 4.17. The van der Waals surface area contributed by atoms with Crippen molar-refractivity contribution >= 4 is 5.78 Å². The van der Waals surface area contributed by atoms with Crippen LogP contribution in [0.2, 0.25) is 0 Å². The van der Waals surface area contributed by atoms with Gasteiger partial charge in [0.1, 0.15) is 5.78 Å².